The minimum atomic E-state index is -0.692. The lowest BCUT2D eigenvalue weighted by atomic mass is 10.2. The minimum absolute atomic E-state index is 0.285. The van der Waals surface area contributed by atoms with Gasteiger partial charge in [0.15, 0.2) is 0 Å². The molecule has 26 heavy (non-hydrogen) atoms. The van der Waals surface area contributed by atoms with Crippen LogP contribution in [-0.4, -0.2) is 53.6 Å². The molecule has 0 aliphatic carbocycles. The molecule has 0 unspecified atom stereocenters. The molecule has 0 bridgehead atoms. The van der Waals surface area contributed by atoms with Crippen molar-refractivity contribution in [3.8, 4) is 10.4 Å². The number of carbonyl (C=O) groups is 1. The van der Waals surface area contributed by atoms with Crippen molar-refractivity contribution in [2.45, 2.75) is 25.8 Å². The maximum absolute atomic E-state index is 10.6. The Kier molecular flexibility index (Phi) is 7.08. The van der Waals surface area contributed by atoms with Crippen LogP contribution in [0.15, 0.2) is 36.4 Å². The van der Waals surface area contributed by atoms with Crippen LogP contribution in [0.3, 0.4) is 0 Å². The van der Waals surface area contributed by atoms with Crippen molar-refractivity contribution in [2.75, 3.05) is 32.7 Å². The second-order valence-electron chi connectivity index (χ2n) is 6.74. The van der Waals surface area contributed by atoms with E-state index in [0.29, 0.717) is 0 Å². The van der Waals surface area contributed by atoms with Crippen LogP contribution in [0, 0.1) is 0 Å². The zero-order valence-electron chi connectivity index (χ0n) is 14.9. The fourth-order valence-electron chi connectivity index (χ4n) is 3.26. The van der Waals surface area contributed by atoms with Crippen LogP contribution in [0.1, 0.15) is 24.1 Å². The molecule has 1 aromatic heterocycles. The number of aliphatic carboxylic acids is 1. The molecule has 1 aromatic carbocycles. The number of carboxylic acid groups (broad SMARTS) is 1. The van der Waals surface area contributed by atoms with Crippen LogP contribution < -0.4 is 0 Å². The molecule has 6 heteroatoms. The number of nitrogens with zero attached hydrogens (tertiary/aromatic N) is 2. The van der Waals surface area contributed by atoms with Gasteiger partial charge in [-0.05, 0) is 49.2 Å². The van der Waals surface area contributed by atoms with Gasteiger partial charge in [0.2, 0.25) is 0 Å². The van der Waals surface area contributed by atoms with E-state index in [0.717, 1.165) is 57.1 Å². The summed E-state index contributed by atoms with van der Waals surface area (Å²) >= 11 is 7.93. The maximum atomic E-state index is 10.6. The van der Waals surface area contributed by atoms with E-state index in [1.807, 2.05) is 29.5 Å². The van der Waals surface area contributed by atoms with Crippen LogP contribution in [0.4, 0.5) is 0 Å². The predicted molar refractivity (Wildman–Crippen MR) is 108 cm³/mol. The Hall–Kier alpha value is -1.40. The molecule has 140 valence electrons. The fourth-order valence-corrected chi connectivity index (χ4v) is 4.50. The average Bonchev–Trinajstić information content (AvgIpc) is 3.08. The summed E-state index contributed by atoms with van der Waals surface area (Å²) in [4.78, 5) is 18.1. The van der Waals surface area contributed by atoms with Crippen molar-refractivity contribution < 1.29 is 9.90 Å². The Morgan fingerprint density at radius 2 is 1.85 bits per heavy atom. The van der Waals surface area contributed by atoms with Crippen molar-refractivity contribution >= 4 is 28.9 Å². The lowest BCUT2D eigenvalue weighted by molar-refractivity contribution is -0.137. The molecular weight excluding hydrogens is 368 g/mol. The van der Waals surface area contributed by atoms with Gasteiger partial charge in [-0.2, -0.15) is 0 Å². The van der Waals surface area contributed by atoms with Gasteiger partial charge in [-0.1, -0.05) is 23.7 Å². The number of halogens is 1. The summed E-state index contributed by atoms with van der Waals surface area (Å²) in [6, 6.07) is 12.4. The molecule has 3 rings (SSSR count). The second-order valence-corrected chi connectivity index (χ2v) is 8.35. The number of carboxylic acids is 1. The lowest BCUT2D eigenvalue weighted by Gasteiger charge is -2.34. The van der Waals surface area contributed by atoms with E-state index < -0.39 is 5.97 Å². The van der Waals surface area contributed by atoms with Gasteiger partial charge in [0.05, 0.1) is 0 Å². The van der Waals surface area contributed by atoms with E-state index in [-0.39, 0.29) is 6.42 Å². The molecule has 2 heterocycles. The highest BCUT2D eigenvalue weighted by molar-refractivity contribution is 7.15. The van der Waals surface area contributed by atoms with Crippen LogP contribution in [0.5, 0.6) is 0 Å². The van der Waals surface area contributed by atoms with Crippen LogP contribution in [0.2, 0.25) is 5.02 Å². The number of hydrogen-bond acceptors (Lipinski definition) is 4. The van der Waals surface area contributed by atoms with Gasteiger partial charge in [0.1, 0.15) is 0 Å². The number of rotatable bonds is 8. The summed E-state index contributed by atoms with van der Waals surface area (Å²) in [6.07, 6.45) is 2.03. The van der Waals surface area contributed by atoms with E-state index >= 15 is 0 Å². The highest BCUT2D eigenvalue weighted by Crippen LogP contribution is 2.30. The summed E-state index contributed by atoms with van der Waals surface area (Å²) in [5.74, 6) is -0.692. The second kappa shape index (κ2) is 9.51. The summed E-state index contributed by atoms with van der Waals surface area (Å²) < 4.78 is 0. The van der Waals surface area contributed by atoms with Gasteiger partial charge >= 0.3 is 5.97 Å². The zero-order valence-corrected chi connectivity index (χ0v) is 16.4. The largest absolute Gasteiger partial charge is 0.481 e. The van der Waals surface area contributed by atoms with Gasteiger partial charge in [0.25, 0.3) is 0 Å². The van der Waals surface area contributed by atoms with Gasteiger partial charge in [0, 0.05) is 53.9 Å². The molecule has 0 saturated carbocycles. The van der Waals surface area contributed by atoms with E-state index in [1.54, 1.807) is 0 Å². The molecule has 0 spiro atoms. The SMILES string of the molecule is O=C(O)CCCCN1CCN(Cc2ccc(-c3cccc(Cl)c3)s2)CC1. The number of hydrogen-bond donors (Lipinski definition) is 1. The molecule has 0 radical (unpaired) electrons. The van der Waals surface area contributed by atoms with E-state index in [4.69, 9.17) is 16.7 Å². The van der Waals surface area contributed by atoms with Gasteiger partial charge in [-0.15, -0.1) is 11.3 Å². The first-order chi connectivity index (χ1) is 12.6. The molecule has 2 aromatic rings. The van der Waals surface area contributed by atoms with Gasteiger partial charge < -0.3 is 10.0 Å². The quantitative estimate of drug-likeness (QED) is 0.674. The molecular formula is C20H25ClN2O2S. The van der Waals surface area contributed by atoms with Gasteiger partial charge in [-0.3, -0.25) is 9.69 Å². The summed E-state index contributed by atoms with van der Waals surface area (Å²) in [7, 11) is 0. The van der Waals surface area contributed by atoms with Crippen LogP contribution in [-0.2, 0) is 11.3 Å². The third-order valence-electron chi connectivity index (χ3n) is 4.73. The Morgan fingerprint density at radius 3 is 2.58 bits per heavy atom. The number of piperazine rings is 1. The first kappa shape index (κ1) is 19.4. The minimum Gasteiger partial charge on any atom is -0.481 e. The van der Waals surface area contributed by atoms with E-state index in [1.165, 1.54) is 15.3 Å². The molecule has 1 N–H and O–H groups in total. The van der Waals surface area contributed by atoms with Crippen LogP contribution in [0.25, 0.3) is 10.4 Å². The molecule has 1 saturated heterocycles. The highest BCUT2D eigenvalue weighted by Gasteiger charge is 2.17. The topological polar surface area (TPSA) is 43.8 Å². The van der Waals surface area contributed by atoms with E-state index in [2.05, 4.69) is 28.0 Å². The Bertz CT molecular complexity index is 726. The fraction of sp³-hybridized carbons (Fsp3) is 0.450. The molecule has 1 aliphatic rings. The lowest BCUT2D eigenvalue weighted by Crippen LogP contribution is -2.45. The average molecular weight is 393 g/mol. The van der Waals surface area contributed by atoms with E-state index in [9.17, 15) is 4.79 Å². The maximum Gasteiger partial charge on any atom is 0.303 e. The molecule has 1 fully saturated rings. The van der Waals surface area contributed by atoms with Crippen molar-refractivity contribution in [2.24, 2.45) is 0 Å². The van der Waals surface area contributed by atoms with Crippen molar-refractivity contribution in [1.29, 1.82) is 0 Å². The number of benzene rings is 1. The van der Waals surface area contributed by atoms with Crippen molar-refractivity contribution in [1.82, 2.24) is 9.80 Å². The third-order valence-corrected chi connectivity index (χ3v) is 6.08. The Labute approximate surface area is 164 Å². The predicted octanol–water partition coefficient (Wildman–Crippen LogP) is 4.44. The molecule has 0 atom stereocenters. The van der Waals surface area contributed by atoms with Crippen LogP contribution >= 0.6 is 22.9 Å². The first-order valence-corrected chi connectivity index (χ1v) is 10.3. The highest BCUT2D eigenvalue weighted by atomic mass is 35.5. The third kappa shape index (κ3) is 5.81. The summed E-state index contributed by atoms with van der Waals surface area (Å²) in [5.41, 5.74) is 1.18. The monoisotopic (exact) mass is 392 g/mol. The summed E-state index contributed by atoms with van der Waals surface area (Å²) in [5, 5.41) is 9.46. The standard InChI is InChI=1S/C20H25ClN2O2S/c21-17-5-3-4-16(14-17)19-8-7-18(26-19)15-23-12-10-22(11-13-23)9-2-1-6-20(24)25/h3-5,7-8,14H,1-2,6,9-13,15H2,(H,24,25). The smallest absolute Gasteiger partial charge is 0.303 e. The zero-order chi connectivity index (χ0) is 18.4. The van der Waals surface area contributed by atoms with Crippen molar-refractivity contribution in [3.05, 3.63) is 46.3 Å². The Balaban J connectivity index is 1.43. The molecule has 4 nitrogen and oxygen atoms in total. The summed E-state index contributed by atoms with van der Waals surface area (Å²) in [6.45, 7) is 6.29. The molecule has 0 amide bonds. The number of thiophene rings is 1. The molecule has 1 aliphatic heterocycles. The Morgan fingerprint density at radius 1 is 1.08 bits per heavy atom. The first-order valence-electron chi connectivity index (χ1n) is 9.11. The normalized spacial score (nSPS) is 16.0. The van der Waals surface area contributed by atoms with Gasteiger partial charge in [-0.25, -0.2) is 0 Å². The van der Waals surface area contributed by atoms with Crippen molar-refractivity contribution in [3.63, 3.8) is 0 Å². The number of unbranched alkanes of at least 4 members (excludes halogenated alkanes) is 1.